The van der Waals surface area contributed by atoms with Crippen LogP contribution in [0.1, 0.15) is 71.5 Å². The van der Waals surface area contributed by atoms with E-state index in [9.17, 15) is 9.59 Å². The maximum absolute atomic E-state index is 12.3. The summed E-state index contributed by atoms with van der Waals surface area (Å²) < 4.78 is 0. The van der Waals surface area contributed by atoms with Gasteiger partial charge >= 0.3 is 0 Å². The molecule has 5 heteroatoms. The van der Waals surface area contributed by atoms with Crippen LogP contribution in [0.15, 0.2) is 6.07 Å². The van der Waals surface area contributed by atoms with Gasteiger partial charge in [-0.05, 0) is 74.3 Å². The van der Waals surface area contributed by atoms with Crippen LogP contribution in [-0.2, 0) is 17.6 Å². The van der Waals surface area contributed by atoms with Gasteiger partial charge in [0.05, 0.1) is 4.88 Å². The van der Waals surface area contributed by atoms with Crippen LogP contribution in [0.4, 0.5) is 0 Å². The zero-order valence-electron chi connectivity index (χ0n) is 14.1. The Labute approximate surface area is 147 Å². The first-order chi connectivity index (χ1) is 11.7. The van der Waals surface area contributed by atoms with Crippen molar-refractivity contribution in [2.45, 2.75) is 64.2 Å². The van der Waals surface area contributed by atoms with Crippen LogP contribution in [0.3, 0.4) is 0 Å². The standard InChI is InChI=1S/C19H26N2O2S/c22-18(11-15-9-12-6-7-13(15)8-12)20-21-19(23)17-10-14-4-2-1-3-5-16(14)24-17/h10,12-13,15H,1-9,11H2,(H,20,22)(H,21,23)/t12-,13-,15+/m1/s1. The molecule has 130 valence electrons. The van der Waals surface area contributed by atoms with Crippen molar-refractivity contribution in [1.82, 2.24) is 10.9 Å². The van der Waals surface area contributed by atoms with Gasteiger partial charge in [0.2, 0.25) is 5.91 Å². The van der Waals surface area contributed by atoms with Gasteiger partial charge in [-0.2, -0.15) is 0 Å². The predicted octanol–water partition coefficient (Wildman–Crippen LogP) is 3.60. The van der Waals surface area contributed by atoms with Gasteiger partial charge in [-0.15, -0.1) is 11.3 Å². The van der Waals surface area contributed by atoms with E-state index in [0.29, 0.717) is 12.3 Å². The predicted molar refractivity (Wildman–Crippen MR) is 94.7 cm³/mol. The number of carbonyl (C=O) groups is 2. The minimum Gasteiger partial charge on any atom is -0.273 e. The highest BCUT2D eigenvalue weighted by atomic mass is 32.1. The van der Waals surface area contributed by atoms with E-state index in [1.165, 1.54) is 55.4 Å². The van der Waals surface area contributed by atoms with Crippen LogP contribution in [-0.4, -0.2) is 11.8 Å². The molecule has 2 saturated carbocycles. The Bertz CT molecular complexity index is 616. The van der Waals surface area contributed by atoms with Crippen LogP contribution in [0.5, 0.6) is 0 Å². The number of fused-ring (bicyclic) bond motifs is 3. The number of hydrogen-bond acceptors (Lipinski definition) is 3. The van der Waals surface area contributed by atoms with Gasteiger partial charge in [-0.25, -0.2) is 0 Å². The highest BCUT2D eigenvalue weighted by Gasteiger charge is 2.40. The quantitative estimate of drug-likeness (QED) is 0.649. The summed E-state index contributed by atoms with van der Waals surface area (Å²) in [6.45, 7) is 0. The first kappa shape index (κ1) is 16.1. The minimum absolute atomic E-state index is 0.0426. The van der Waals surface area contributed by atoms with Crippen molar-refractivity contribution in [3.05, 3.63) is 21.4 Å². The van der Waals surface area contributed by atoms with Gasteiger partial charge in [0.1, 0.15) is 0 Å². The Balaban J connectivity index is 1.28. The van der Waals surface area contributed by atoms with Crippen molar-refractivity contribution in [3.63, 3.8) is 0 Å². The molecule has 1 aromatic heterocycles. The summed E-state index contributed by atoms with van der Waals surface area (Å²) in [6.07, 6.45) is 11.6. The molecular formula is C19H26N2O2S. The number of aryl methyl sites for hydroxylation is 2. The lowest BCUT2D eigenvalue weighted by Crippen LogP contribution is -2.42. The summed E-state index contributed by atoms with van der Waals surface area (Å²) in [5.74, 6) is 1.90. The number of carbonyl (C=O) groups excluding carboxylic acids is 2. The fraction of sp³-hybridized carbons (Fsp3) is 0.684. The third-order valence-corrected chi connectivity index (χ3v) is 7.35. The number of amides is 2. The second kappa shape index (κ2) is 6.87. The van der Waals surface area contributed by atoms with E-state index in [1.807, 2.05) is 6.07 Å². The molecule has 0 aromatic carbocycles. The topological polar surface area (TPSA) is 58.2 Å². The summed E-state index contributed by atoms with van der Waals surface area (Å²) in [4.78, 5) is 26.5. The molecule has 4 rings (SSSR count). The molecule has 1 aromatic rings. The Hall–Kier alpha value is -1.36. The summed E-state index contributed by atoms with van der Waals surface area (Å²) in [5, 5.41) is 0. The number of rotatable bonds is 3. The molecule has 3 atom stereocenters. The van der Waals surface area contributed by atoms with E-state index in [1.54, 1.807) is 11.3 Å². The second-order valence-corrected chi connectivity index (χ2v) is 8.90. The molecule has 2 bridgehead atoms. The van der Waals surface area contributed by atoms with E-state index in [4.69, 9.17) is 0 Å². The zero-order chi connectivity index (χ0) is 16.5. The van der Waals surface area contributed by atoms with Crippen molar-refractivity contribution < 1.29 is 9.59 Å². The molecule has 0 radical (unpaired) electrons. The molecule has 0 saturated heterocycles. The largest absolute Gasteiger partial charge is 0.279 e. The molecule has 3 aliphatic carbocycles. The van der Waals surface area contributed by atoms with Crippen LogP contribution >= 0.6 is 11.3 Å². The average Bonchev–Trinajstić information content (AvgIpc) is 3.25. The molecule has 24 heavy (non-hydrogen) atoms. The van der Waals surface area contributed by atoms with E-state index in [2.05, 4.69) is 10.9 Å². The third-order valence-electron chi connectivity index (χ3n) is 6.12. The Morgan fingerprint density at radius 3 is 2.75 bits per heavy atom. The van der Waals surface area contributed by atoms with E-state index in [0.717, 1.165) is 29.6 Å². The molecule has 0 unspecified atom stereocenters. The van der Waals surface area contributed by atoms with Gasteiger partial charge in [-0.3, -0.25) is 20.4 Å². The Morgan fingerprint density at radius 2 is 1.96 bits per heavy atom. The summed E-state index contributed by atoms with van der Waals surface area (Å²) >= 11 is 1.59. The number of hydrazine groups is 1. The van der Waals surface area contributed by atoms with Crippen molar-refractivity contribution in [2.24, 2.45) is 17.8 Å². The lowest BCUT2D eigenvalue weighted by Gasteiger charge is -2.20. The first-order valence-electron chi connectivity index (χ1n) is 9.40. The zero-order valence-corrected chi connectivity index (χ0v) is 14.9. The van der Waals surface area contributed by atoms with Crippen molar-refractivity contribution in [2.75, 3.05) is 0 Å². The number of nitrogens with one attached hydrogen (secondary N) is 2. The monoisotopic (exact) mass is 346 g/mol. The molecule has 4 nitrogen and oxygen atoms in total. The van der Waals surface area contributed by atoms with Crippen molar-refractivity contribution in [1.29, 1.82) is 0 Å². The van der Waals surface area contributed by atoms with E-state index >= 15 is 0 Å². The van der Waals surface area contributed by atoms with Gasteiger partial charge in [0.25, 0.3) is 5.91 Å². The van der Waals surface area contributed by atoms with Gasteiger partial charge in [0.15, 0.2) is 0 Å². The number of thiophene rings is 1. The fourth-order valence-electron chi connectivity index (χ4n) is 4.88. The maximum Gasteiger partial charge on any atom is 0.279 e. The fourth-order valence-corrected chi connectivity index (χ4v) is 6.03. The number of hydrogen-bond donors (Lipinski definition) is 2. The SMILES string of the molecule is O=C(C[C@@H]1C[C@@H]2CC[C@@H]1C2)NNC(=O)c1cc2c(s1)CCCCC2. The highest BCUT2D eigenvalue weighted by Crippen LogP contribution is 2.49. The summed E-state index contributed by atoms with van der Waals surface area (Å²) in [7, 11) is 0. The smallest absolute Gasteiger partial charge is 0.273 e. The summed E-state index contributed by atoms with van der Waals surface area (Å²) in [6, 6.07) is 2.02. The van der Waals surface area contributed by atoms with Crippen LogP contribution in [0.2, 0.25) is 0 Å². The average molecular weight is 346 g/mol. The van der Waals surface area contributed by atoms with E-state index < -0.39 is 0 Å². The van der Waals surface area contributed by atoms with Gasteiger partial charge in [0, 0.05) is 11.3 Å². The lowest BCUT2D eigenvalue weighted by molar-refractivity contribution is -0.123. The molecule has 0 spiro atoms. The van der Waals surface area contributed by atoms with Gasteiger partial charge < -0.3 is 0 Å². The molecular weight excluding hydrogens is 320 g/mol. The second-order valence-electron chi connectivity index (χ2n) is 7.76. The van der Waals surface area contributed by atoms with Crippen molar-refractivity contribution >= 4 is 23.2 Å². The van der Waals surface area contributed by atoms with Gasteiger partial charge in [-0.1, -0.05) is 12.8 Å². The molecule has 1 heterocycles. The molecule has 2 amide bonds. The normalized spacial score (nSPS) is 28.2. The van der Waals surface area contributed by atoms with Crippen molar-refractivity contribution in [3.8, 4) is 0 Å². The van der Waals surface area contributed by atoms with Crippen LogP contribution in [0.25, 0.3) is 0 Å². The molecule has 2 N–H and O–H groups in total. The van der Waals surface area contributed by atoms with Crippen LogP contribution < -0.4 is 10.9 Å². The maximum atomic E-state index is 12.3. The van der Waals surface area contributed by atoms with Crippen LogP contribution in [0, 0.1) is 17.8 Å². The first-order valence-corrected chi connectivity index (χ1v) is 10.2. The Morgan fingerprint density at radius 1 is 1.08 bits per heavy atom. The highest BCUT2D eigenvalue weighted by molar-refractivity contribution is 7.14. The minimum atomic E-state index is -0.172. The van der Waals surface area contributed by atoms with E-state index in [-0.39, 0.29) is 11.8 Å². The molecule has 0 aliphatic heterocycles. The Kier molecular flexibility index (Phi) is 4.61. The molecule has 3 aliphatic rings. The lowest BCUT2D eigenvalue weighted by atomic mass is 9.86. The third kappa shape index (κ3) is 3.37. The molecule has 2 fully saturated rings. The summed E-state index contributed by atoms with van der Waals surface area (Å²) in [5.41, 5.74) is 6.57.